The number of hydrogen-bond acceptors (Lipinski definition) is 4. The van der Waals surface area contributed by atoms with Crippen LogP contribution in [0.15, 0.2) is 46.9 Å². The van der Waals surface area contributed by atoms with Gasteiger partial charge in [0.1, 0.15) is 5.52 Å². The molecule has 6 heteroatoms. The number of thiocarbonyl (C=S) groups is 1. The van der Waals surface area contributed by atoms with Gasteiger partial charge in [0.05, 0.1) is 0 Å². The first-order valence-corrected chi connectivity index (χ1v) is 8.42. The highest BCUT2D eigenvalue weighted by Crippen LogP contribution is 2.26. The van der Waals surface area contributed by atoms with Gasteiger partial charge in [-0.15, -0.1) is 0 Å². The van der Waals surface area contributed by atoms with Crippen LogP contribution in [0, 0.1) is 12.8 Å². The lowest BCUT2D eigenvalue weighted by molar-refractivity contribution is -0.122. The Balaban J connectivity index is 1.81. The molecule has 0 atom stereocenters. The SMILES string of the molecule is Cc1cccc(-c2nc3cc(NC(=S)NC(=O)C(C)C)ccc3o2)c1. The summed E-state index contributed by atoms with van der Waals surface area (Å²) in [7, 11) is 0. The standard InChI is InChI=1S/C19H19N3O2S/c1-11(2)17(23)22-19(25)20-14-7-8-16-15(10-14)21-18(24-16)13-6-4-5-12(3)9-13/h4-11H,1-3H3,(H2,20,22,23,25). The third kappa shape index (κ3) is 4.03. The quantitative estimate of drug-likeness (QED) is 0.688. The van der Waals surface area contributed by atoms with Crippen LogP contribution in [-0.2, 0) is 4.79 Å². The molecule has 2 N–H and O–H groups in total. The van der Waals surface area contributed by atoms with E-state index in [1.54, 1.807) is 0 Å². The van der Waals surface area contributed by atoms with Crippen molar-refractivity contribution in [2.75, 3.05) is 5.32 Å². The van der Waals surface area contributed by atoms with E-state index >= 15 is 0 Å². The lowest BCUT2D eigenvalue weighted by atomic mass is 10.1. The molecule has 0 aliphatic heterocycles. The van der Waals surface area contributed by atoms with Crippen molar-refractivity contribution in [1.29, 1.82) is 0 Å². The van der Waals surface area contributed by atoms with E-state index in [1.807, 2.05) is 63.2 Å². The molecule has 1 aromatic heterocycles. The Morgan fingerprint density at radius 3 is 2.72 bits per heavy atom. The first-order chi connectivity index (χ1) is 11.9. The highest BCUT2D eigenvalue weighted by molar-refractivity contribution is 7.80. The van der Waals surface area contributed by atoms with Crippen LogP contribution in [0.4, 0.5) is 5.69 Å². The van der Waals surface area contributed by atoms with Crippen molar-refractivity contribution in [3.05, 3.63) is 48.0 Å². The van der Waals surface area contributed by atoms with E-state index in [2.05, 4.69) is 15.6 Å². The molecule has 0 aliphatic carbocycles. The molecule has 0 spiro atoms. The molecule has 3 aromatic rings. The Hall–Kier alpha value is -2.73. The fraction of sp³-hybridized carbons (Fsp3) is 0.211. The number of nitrogens with one attached hydrogen (secondary N) is 2. The van der Waals surface area contributed by atoms with Crippen LogP contribution < -0.4 is 10.6 Å². The zero-order valence-electron chi connectivity index (χ0n) is 14.3. The second-order valence-corrected chi connectivity index (χ2v) is 6.58. The lowest BCUT2D eigenvalue weighted by Gasteiger charge is -2.10. The molecule has 0 aliphatic rings. The maximum absolute atomic E-state index is 11.7. The fourth-order valence-electron chi connectivity index (χ4n) is 2.33. The summed E-state index contributed by atoms with van der Waals surface area (Å²) in [5.74, 6) is 0.322. The number of oxazole rings is 1. The van der Waals surface area contributed by atoms with Crippen molar-refractivity contribution in [2.45, 2.75) is 20.8 Å². The Kier molecular flexibility index (Phi) is 4.81. The summed E-state index contributed by atoms with van der Waals surface area (Å²) >= 11 is 5.16. The van der Waals surface area contributed by atoms with Gasteiger partial charge in [-0.3, -0.25) is 4.79 Å². The number of fused-ring (bicyclic) bond motifs is 1. The van der Waals surface area contributed by atoms with Gasteiger partial charge in [-0.25, -0.2) is 4.98 Å². The maximum Gasteiger partial charge on any atom is 0.228 e. The van der Waals surface area contributed by atoms with Gasteiger partial charge in [0.25, 0.3) is 0 Å². The molecule has 0 fully saturated rings. The van der Waals surface area contributed by atoms with Gasteiger partial charge in [-0.2, -0.15) is 0 Å². The van der Waals surface area contributed by atoms with Crippen LogP contribution in [0.5, 0.6) is 0 Å². The summed E-state index contributed by atoms with van der Waals surface area (Å²) in [6, 6.07) is 13.5. The molecule has 2 aromatic carbocycles. The molecular weight excluding hydrogens is 334 g/mol. The second-order valence-electron chi connectivity index (χ2n) is 6.17. The van der Waals surface area contributed by atoms with Gasteiger partial charge in [0.2, 0.25) is 11.8 Å². The van der Waals surface area contributed by atoms with Crippen LogP contribution in [0.2, 0.25) is 0 Å². The Bertz CT molecular complexity index is 947. The van der Waals surface area contributed by atoms with Gasteiger partial charge >= 0.3 is 0 Å². The largest absolute Gasteiger partial charge is 0.436 e. The molecule has 128 valence electrons. The lowest BCUT2D eigenvalue weighted by Crippen LogP contribution is -2.36. The van der Waals surface area contributed by atoms with E-state index in [0.717, 1.165) is 22.3 Å². The van der Waals surface area contributed by atoms with Gasteiger partial charge in [0, 0.05) is 17.2 Å². The maximum atomic E-state index is 11.7. The Morgan fingerprint density at radius 1 is 1.20 bits per heavy atom. The first kappa shape index (κ1) is 17.1. The summed E-state index contributed by atoms with van der Waals surface area (Å²) in [6.45, 7) is 5.65. The van der Waals surface area contributed by atoms with Crippen molar-refractivity contribution in [2.24, 2.45) is 5.92 Å². The molecule has 0 radical (unpaired) electrons. The van der Waals surface area contributed by atoms with E-state index in [4.69, 9.17) is 16.6 Å². The summed E-state index contributed by atoms with van der Waals surface area (Å²) in [5, 5.41) is 5.91. The second kappa shape index (κ2) is 7.03. The molecule has 1 heterocycles. The fourth-order valence-corrected chi connectivity index (χ4v) is 2.54. The Labute approximate surface area is 151 Å². The predicted molar refractivity (Wildman–Crippen MR) is 103 cm³/mol. The van der Waals surface area contributed by atoms with Crippen molar-refractivity contribution in [3.8, 4) is 11.5 Å². The number of amides is 1. The molecule has 25 heavy (non-hydrogen) atoms. The van der Waals surface area contributed by atoms with Gasteiger partial charge < -0.3 is 15.1 Å². The average Bonchev–Trinajstić information content (AvgIpc) is 2.98. The minimum Gasteiger partial charge on any atom is -0.436 e. The van der Waals surface area contributed by atoms with E-state index < -0.39 is 0 Å². The number of nitrogens with zero attached hydrogens (tertiary/aromatic N) is 1. The third-order valence-electron chi connectivity index (χ3n) is 3.67. The van der Waals surface area contributed by atoms with Gasteiger partial charge in [-0.05, 0) is 49.5 Å². The number of aryl methyl sites for hydroxylation is 1. The van der Waals surface area contributed by atoms with Gasteiger partial charge in [0.15, 0.2) is 10.7 Å². The molecule has 0 saturated carbocycles. The van der Waals surface area contributed by atoms with Crippen LogP contribution in [0.1, 0.15) is 19.4 Å². The number of rotatable bonds is 3. The number of carbonyl (C=O) groups excluding carboxylic acids is 1. The monoisotopic (exact) mass is 353 g/mol. The summed E-state index contributed by atoms with van der Waals surface area (Å²) in [5.41, 5.74) is 4.24. The molecule has 3 rings (SSSR count). The predicted octanol–water partition coefficient (Wildman–Crippen LogP) is 4.27. The van der Waals surface area contributed by atoms with Crippen molar-refractivity contribution in [1.82, 2.24) is 10.3 Å². The zero-order valence-corrected chi connectivity index (χ0v) is 15.1. The molecular formula is C19H19N3O2S. The number of anilines is 1. The Morgan fingerprint density at radius 2 is 2.00 bits per heavy atom. The van der Waals surface area contributed by atoms with E-state index in [1.165, 1.54) is 0 Å². The number of hydrogen-bond donors (Lipinski definition) is 2. The summed E-state index contributed by atoms with van der Waals surface area (Å²) < 4.78 is 5.82. The minimum atomic E-state index is -0.130. The highest BCUT2D eigenvalue weighted by Gasteiger charge is 2.11. The summed E-state index contributed by atoms with van der Waals surface area (Å²) in [4.78, 5) is 16.2. The summed E-state index contributed by atoms with van der Waals surface area (Å²) in [6.07, 6.45) is 0. The number of benzene rings is 2. The smallest absolute Gasteiger partial charge is 0.228 e. The van der Waals surface area contributed by atoms with Crippen LogP contribution in [0.25, 0.3) is 22.6 Å². The van der Waals surface area contributed by atoms with Crippen LogP contribution >= 0.6 is 12.2 Å². The zero-order chi connectivity index (χ0) is 18.0. The average molecular weight is 353 g/mol. The van der Waals surface area contributed by atoms with Gasteiger partial charge in [-0.1, -0.05) is 31.5 Å². The highest BCUT2D eigenvalue weighted by atomic mass is 32.1. The first-order valence-electron chi connectivity index (χ1n) is 8.02. The minimum absolute atomic E-state index is 0.123. The van der Waals surface area contributed by atoms with Crippen molar-refractivity contribution in [3.63, 3.8) is 0 Å². The van der Waals surface area contributed by atoms with E-state index in [0.29, 0.717) is 11.5 Å². The number of carbonyl (C=O) groups is 1. The van der Waals surface area contributed by atoms with E-state index in [-0.39, 0.29) is 16.9 Å². The van der Waals surface area contributed by atoms with E-state index in [9.17, 15) is 4.79 Å². The third-order valence-corrected chi connectivity index (χ3v) is 3.88. The molecule has 1 amide bonds. The molecule has 5 nitrogen and oxygen atoms in total. The van der Waals surface area contributed by atoms with Crippen LogP contribution in [0.3, 0.4) is 0 Å². The topological polar surface area (TPSA) is 67.2 Å². The van der Waals surface area contributed by atoms with Crippen molar-refractivity contribution >= 4 is 40.0 Å². The normalized spacial score (nSPS) is 10.9. The molecule has 0 bridgehead atoms. The van der Waals surface area contributed by atoms with Crippen LogP contribution in [-0.4, -0.2) is 16.0 Å². The molecule has 0 saturated heterocycles. The van der Waals surface area contributed by atoms with Crippen molar-refractivity contribution < 1.29 is 9.21 Å². The molecule has 0 unspecified atom stereocenters. The number of aromatic nitrogens is 1.